The van der Waals surface area contributed by atoms with Crippen molar-refractivity contribution in [3.05, 3.63) is 0 Å². The van der Waals surface area contributed by atoms with Gasteiger partial charge in [0.25, 0.3) is 0 Å². The average molecular weight is 218 g/mol. The second-order valence-electron chi connectivity index (χ2n) is 4.65. The second-order valence-corrected chi connectivity index (χ2v) is 4.96. The maximum absolute atomic E-state index is 11.9. The summed E-state index contributed by atoms with van der Waals surface area (Å²) < 4.78 is 0. The van der Waals surface area contributed by atoms with Crippen molar-refractivity contribution in [3.8, 4) is 0 Å². The predicted molar refractivity (Wildman–Crippen MR) is 59.5 cm³/mol. The molecule has 0 heterocycles. The van der Waals surface area contributed by atoms with Crippen LogP contribution in [0.15, 0.2) is 0 Å². The van der Waals surface area contributed by atoms with Crippen molar-refractivity contribution in [1.82, 2.24) is 5.32 Å². The van der Waals surface area contributed by atoms with Crippen molar-refractivity contribution < 1.29 is 4.79 Å². The van der Waals surface area contributed by atoms with Crippen molar-refractivity contribution in [2.75, 3.05) is 5.88 Å². The molecule has 1 fully saturated rings. The van der Waals surface area contributed by atoms with Gasteiger partial charge in [0.1, 0.15) is 0 Å². The van der Waals surface area contributed by atoms with Gasteiger partial charge in [-0.3, -0.25) is 4.79 Å². The lowest BCUT2D eigenvalue weighted by Crippen LogP contribution is -2.44. The maximum atomic E-state index is 11.9. The number of halogens is 1. The van der Waals surface area contributed by atoms with Gasteiger partial charge in [-0.15, -0.1) is 11.6 Å². The van der Waals surface area contributed by atoms with E-state index < -0.39 is 0 Å². The van der Waals surface area contributed by atoms with Crippen molar-refractivity contribution in [3.63, 3.8) is 0 Å². The molecular weight excluding hydrogens is 198 g/mol. The topological polar surface area (TPSA) is 29.1 Å². The van der Waals surface area contributed by atoms with Crippen LogP contribution < -0.4 is 5.32 Å². The molecule has 0 bridgehead atoms. The van der Waals surface area contributed by atoms with E-state index >= 15 is 0 Å². The molecule has 1 unspecified atom stereocenters. The summed E-state index contributed by atoms with van der Waals surface area (Å²) in [6.45, 7) is 4.01. The van der Waals surface area contributed by atoms with Crippen molar-refractivity contribution >= 4 is 17.5 Å². The molecule has 0 radical (unpaired) electrons. The van der Waals surface area contributed by atoms with Gasteiger partial charge >= 0.3 is 0 Å². The minimum Gasteiger partial charge on any atom is -0.352 e. The van der Waals surface area contributed by atoms with Crippen LogP contribution in [-0.4, -0.2) is 17.8 Å². The molecule has 0 saturated heterocycles. The van der Waals surface area contributed by atoms with Gasteiger partial charge in [0.15, 0.2) is 0 Å². The molecule has 1 N–H and O–H groups in total. The first-order valence-corrected chi connectivity index (χ1v) is 5.99. The highest BCUT2D eigenvalue weighted by Gasteiger charge is 2.34. The SMILES string of the molecule is CC(CCl)NC(=O)C1(C)CCCCC1. The lowest BCUT2D eigenvalue weighted by molar-refractivity contribution is -0.132. The minimum absolute atomic E-state index is 0.0860. The van der Waals surface area contributed by atoms with Crippen LogP contribution in [0.3, 0.4) is 0 Å². The number of nitrogens with one attached hydrogen (secondary N) is 1. The lowest BCUT2D eigenvalue weighted by Gasteiger charge is -2.32. The van der Waals surface area contributed by atoms with Gasteiger partial charge in [0.05, 0.1) is 0 Å². The summed E-state index contributed by atoms with van der Waals surface area (Å²) in [6, 6.07) is 0.0860. The Morgan fingerprint density at radius 1 is 1.43 bits per heavy atom. The quantitative estimate of drug-likeness (QED) is 0.724. The van der Waals surface area contributed by atoms with E-state index in [0.717, 1.165) is 12.8 Å². The minimum atomic E-state index is -0.140. The monoisotopic (exact) mass is 217 g/mol. The van der Waals surface area contributed by atoms with E-state index in [1.54, 1.807) is 0 Å². The number of hydrogen-bond acceptors (Lipinski definition) is 1. The highest BCUT2D eigenvalue weighted by atomic mass is 35.5. The largest absolute Gasteiger partial charge is 0.352 e. The molecule has 3 heteroatoms. The van der Waals surface area contributed by atoms with Crippen molar-refractivity contribution in [1.29, 1.82) is 0 Å². The molecule has 0 aromatic rings. The van der Waals surface area contributed by atoms with Crippen molar-refractivity contribution in [2.45, 2.75) is 52.0 Å². The van der Waals surface area contributed by atoms with E-state index in [2.05, 4.69) is 12.2 Å². The smallest absolute Gasteiger partial charge is 0.226 e. The fraction of sp³-hybridized carbons (Fsp3) is 0.909. The van der Waals surface area contributed by atoms with Crippen LogP contribution in [0.1, 0.15) is 46.0 Å². The zero-order chi connectivity index (χ0) is 10.6. The summed E-state index contributed by atoms with van der Waals surface area (Å²) in [7, 11) is 0. The van der Waals surface area contributed by atoms with E-state index in [0.29, 0.717) is 5.88 Å². The third-order valence-corrected chi connectivity index (χ3v) is 3.58. The van der Waals surface area contributed by atoms with Gasteiger partial charge in [-0.1, -0.05) is 26.2 Å². The average Bonchev–Trinajstić information content (AvgIpc) is 2.18. The zero-order valence-electron chi connectivity index (χ0n) is 9.11. The molecule has 2 nitrogen and oxygen atoms in total. The Labute approximate surface area is 91.4 Å². The van der Waals surface area contributed by atoms with E-state index in [4.69, 9.17) is 11.6 Å². The molecule has 1 saturated carbocycles. The van der Waals surface area contributed by atoms with Crippen molar-refractivity contribution in [2.24, 2.45) is 5.41 Å². The number of carbonyl (C=O) groups excluding carboxylic acids is 1. The summed E-state index contributed by atoms with van der Waals surface area (Å²) in [5.74, 6) is 0.673. The van der Waals surface area contributed by atoms with Gasteiger partial charge in [0, 0.05) is 17.3 Å². The number of hydrogen-bond donors (Lipinski definition) is 1. The third-order valence-electron chi connectivity index (χ3n) is 3.11. The van der Waals surface area contributed by atoms with Crippen LogP contribution in [0.25, 0.3) is 0 Å². The molecule has 1 rings (SSSR count). The van der Waals surface area contributed by atoms with E-state index in [1.807, 2.05) is 6.92 Å². The summed E-state index contributed by atoms with van der Waals surface area (Å²) in [6.07, 6.45) is 5.67. The molecule has 0 aromatic carbocycles. The van der Waals surface area contributed by atoms with Gasteiger partial charge < -0.3 is 5.32 Å². The molecule has 14 heavy (non-hydrogen) atoms. The Morgan fingerprint density at radius 3 is 2.50 bits per heavy atom. The van der Waals surface area contributed by atoms with Gasteiger partial charge in [-0.2, -0.15) is 0 Å². The van der Waals surface area contributed by atoms with E-state index in [9.17, 15) is 4.79 Å². The van der Waals surface area contributed by atoms with Crippen LogP contribution in [-0.2, 0) is 4.79 Å². The summed E-state index contributed by atoms with van der Waals surface area (Å²) >= 11 is 5.67. The first-order chi connectivity index (χ1) is 6.58. The Balaban J connectivity index is 2.49. The Bertz CT molecular complexity index is 199. The summed E-state index contributed by atoms with van der Waals surface area (Å²) in [5.41, 5.74) is -0.140. The Hall–Kier alpha value is -0.240. The molecule has 1 aliphatic carbocycles. The Morgan fingerprint density at radius 2 is 2.00 bits per heavy atom. The normalized spacial score (nSPS) is 22.8. The number of rotatable bonds is 3. The molecule has 82 valence electrons. The Kier molecular flexibility index (Phi) is 4.24. The number of alkyl halides is 1. The van der Waals surface area contributed by atoms with Crippen LogP contribution in [0, 0.1) is 5.41 Å². The van der Waals surface area contributed by atoms with Gasteiger partial charge in [0.2, 0.25) is 5.91 Å². The van der Waals surface area contributed by atoms with E-state index in [-0.39, 0.29) is 17.4 Å². The number of amides is 1. The molecule has 0 aromatic heterocycles. The predicted octanol–water partition coefficient (Wildman–Crippen LogP) is 2.70. The highest BCUT2D eigenvalue weighted by Crippen LogP contribution is 2.35. The van der Waals surface area contributed by atoms with Crippen LogP contribution >= 0.6 is 11.6 Å². The van der Waals surface area contributed by atoms with Gasteiger partial charge in [-0.05, 0) is 19.8 Å². The van der Waals surface area contributed by atoms with E-state index in [1.165, 1.54) is 19.3 Å². The fourth-order valence-electron chi connectivity index (χ4n) is 2.00. The number of carbonyl (C=O) groups is 1. The first-order valence-electron chi connectivity index (χ1n) is 5.45. The van der Waals surface area contributed by atoms with Crippen LogP contribution in [0.2, 0.25) is 0 Å². The van der Waals surface area contributed by atoms with Gasteiger partial charge in [-0.25, -0.2) is 0 Å². The van der Waals surface area contributed by atoms with Crippen LogP contribution in [0.5, 0.6) is 0 Å². The molecule has 0 spiro atoms. The standard InChI is InChI=1S/C11H20ClNO/c1-9(8-12)13-10(14)11(2)6-4-3-5-7-11/h9H,3-8H2,1-2H3,(H,13,14). The summed E-state index contributed by atoms with van der Waals surface area (Å²) in [4.78, 5) is 11.9. The molecule has 1 amide bonds. The molecule has 1 atom stereocenters. The van der Waals surface area contributed by atoms with Crippen LogP contribution in [0.4, 0.5) is 0 Å². The maximum Gasteiger partial charge on any atom is 0.226 e. The molecule has 1 aliphatic rings. The first kappa shape index (κ1) is 11.8. The summed E-state index contributed by atoms with van der Waals surface area (Å²) in [5, 5.41) is 2.97. The second kappa shape index (κ2) is 5.01. The lowest BCUT2D eigenvalue weighted by atomic mass is 9.75. The highest BCUT2D eigenvalue weighted by molar-refractivity contribution is 6.18. The molecule has 0 aliphatic heterocycles. The fourth-order valence-corrected chi connectivity index (χ4v) is 2.07. The zero-order valence-corrected chi connectivity index (χ0v) is 9.86. The molecular formula is C11H20ClNO. The third kappa shape index (κ3) is 2.88.